The van der Waals surface area contributed by atoms with Gasteiger partial charge in [0.2, 0.25) is 0 Å². The zero-order valence-corrected chi connectivity index (χ0v) is 9.91. The van der Waals surface area contributed by atoms with Crippen molar-refractivity contribution in [2.24, 2.45) is 5.92 Å². The molecular weight excluding hydrogens is 160 g/mol. The Labute approximate surface area is 83.5 Å². The molecule has 13 heavy (non-hydrogen) atoms. The molecule has 0 amide bonds. The lowest BCUT2D eigenvalue weighted by atomic mass is 10.1. The molecule has 1 atom stereocenters. The fraction of sp³-hybridized carbons (Fsp3) is 1.00. The molecule has 0 saturated carbocycles. The van der Waals surface area contributed by atoms with Crippen molar-refractivity contribution in [3.05, 3.63) is 0 Å². The summed E-state index contributed by atoms with van der Waals surface area (Å²) in [5.74, 6) is 0.838. The summed E-state index contributed by atoms with van der Waals surface area (Å²) in [7, 11) is 0. The van der Waals surface area contributed by atoms with Gasteiger partial charge >= 0.3 is 0 Å². The van der Waals surface area contributed by atoms with Crippen LogP contribution in [0, 0.1) is 5.92 Å². The Balaban J connectivity index is 3.50. The van der Waals surface area contributed by atoms with Crippen molar-refractivity contribution in [3.8, 4) is 0 Å². The predicted octanol–water partition coefficient (Wildman–Crippen LogP) is 2.36. The van der Waals surface area contributed by atoms with Crippen LogP contribution in [0.4, 0.5) is 0 Å². The maximum absolute atomic E-state index is 3.51. The second-order valence-corrected chi connectivity index (χ2v) is 4.38. The van der Waals surface area contributed by atoms with Gasteiger partial charge in [0.1, 0.15) is 0 Å². The summed E-state index contributed by atoms with van der Waals surface area (Å²) < 4.78 is 0. The molecule has 2 N–H and O–H groups in total. The Morgan fingerprint density at radius 1 is 1.15 bits per heavy atom. The van der Waals surface area contributed by atoms with Crippen LogP contribution in [0.2, 0.25) is 0 Å². The lowest BCUT2D eigenvalue weighted by Crippen LogP contribution is -2.52. The lowest BCUT2D eigenvalue weighted by Gasteiger charge is -2.28. The molecule has 80 valence electrons. The van der Waals surface area contributed by atoms with Crippen LogP contribution >= 0.6 is 0 Å². The molecule has 0 aliphatic carbocycles. The summed E-state index contributed by atoms with van der Waals surface area (Å²) in [6.07, 6.45) is 2.55. The van der Waals surface area contributed by atoms with Crippen molar-refractivity contribution in [2.75, 3.05) is 13.1 Å². The topological polar surface area (TPSA) is 24.1 Å². The van der Waals surface area contributed by atoms with Crippen molar-refractivity contribution in [1.82, 2.24) is 10.6 Å². The van der Waals surface area contributed by atoms with E-state index >= 15 is 0 Å². The summed E-state index contributed by atoms with van der Waals surface area (Å²) >= 11 is 0. The molecule has 0 aromatic rings. The molecule has 0 saturated heterocycles. The zero-order chi connectivity index (χ0) is 10.3. The van der Waals surface area contributed by atoms with Crippen LogP contribution in [0.5, 0.6) is 0 Å². The van der Waals surface area contributed by atoms with E-state index in [4.69, 9.17) is 0 Å². The van der Waals surface area contributed by atoms with E-state index in [1.807, 2.05) is 0 Å². The minimum absolute atomic E-state index is 0.0855. The minimum atomic E-state index is 0.0855. The van der Waals surface area contributed by atoms with E-state index in [-0.39, 0.29) is 5.66 Å². The van der Waals surface area contributed by atoms with Crippen molar-refractivity contribution < 1.29 is 0 Å². The van der Waals surface area contributed by atoms with E-state index < -0.39 is 0 Å². The second-order valence-electron chi connectivity index (χ2n) is 4.38. The van der Waals surface area contributed by atoms with Gasteiger partial charge in [-0.05, 0) is 39.3 Å². The Morgan fingerprint density at radius 2 is 1.77 bits per heavy atom. The molecular formula is C11H26N2. The van der Waals surface area contributed by atoms with Gasteiger partial charge in [0.15, 0.2) is 0 Å². The monoisotopic (exact) mass is 186 g/mol. The van der Waals surface area contributed by atoms with E-state index in [0.29, 0.717) is 0 Å². The van der Waals surface area contributed by atoms with Gasteiger partial charge in [-0.3, -0.25) is 5.32 Å². The molecule has 0 heterocycles. The molecule has 0 aromatic heterocycles. The summed E-state index contributed by atoms with van der Waals surface area (Å²) in [6, 6.07) is 0. The van der Waals surface area contributed by atoms with Gasteiger partial charge in [0.25, 0.3) is 0 Å². The maximum Gasteiger partial charge on any atom is 0.0629 e. The highest BCUT2D eigenvalue weighted by Crippen LogP contribution is 2.05. The van der Waals surface area contributed by atoms with Crippen LogP contribution < -0.4 is 10.6 Å². The number of nitrogens with one attached hydrogen (secondary N) is 2. The van der Waals surface area contributed by atoms with Gasteiger partial charge in [-0.15, -0.1) is 0 Å². The standard InChI is InChI=1S/C11H26N2/c1-6-10(3)8-9-13-11(4,5)12-7-2/h10,12-13H,6-9H2,1-5H3. The molecule has 0 spiro atoms. The SMILES string of the molecule is CCNC(C)(C)NCCC(C)CC. The third-order valence-corrected chi connectivity index (χ3v) is 2.52. The Kier molecular flexibility index (Phi) is 6.35. The van der Waals surface area contributed by atoms with Crippen LogP contribution in [0.25, 0.3) is 0 Å². The van der Waals surface area contributed by atoms with Crippen molar-refractivity contribution in [3.63, 3.8) is 0 Å². The van der Waals surface area contributed by atoms with E-state index in [9.17, 15) is 0 Å². The maximum atomic E-state index is 3.51. The Bertz CT molecular complexity index is 121. The van der Waals surface area contributed by atoms with Crippen LogP contribution in [-0.4, -0.2) is 18.8 Å². The summed E-state index contributed by atoms with van der Waals surface area (Å²) in [5.41, 5.74) is 0.0855. The molecule has 2 heteroatoms. The highest BCUT2D eigenvalue weighted by atomic mass is 15.2. The molecule has 0 aliphatic rings. The first kappa shape index (κ1) is 12.9. The largest absolute Gasteiger partial charge is 0.300 e. The molecule has 2 nitrogen and oxygen atoms in total. The van der Waals surface area contributed by atoms with Crippen molar-refractivity contribution in [2.45, 2.75) is 53.1 Å². The smallest absolute Gasteiger partial charge is 0.0629 e. The number of hydrogen-bond donors (Lipinski definition) is 2. The van der Waals surface area contributed by atoms with E-state index in [0.717, 1.165) is 19.0 Å². The van der Waals surface area contributed by atoms with Crippen LogP contribution in [0.1, 0.15) is 47.5 Å². The third-order valence-electron chi connectivity index (χ3n) is 2.52. The zero-order valence-electron chi connectivity index (χ0n) is 9.91. The van der Waals surface area contributed by atoms with Gasteiger partial charge in [0.05, 0.1) is 5.66 Å². The van der Waals surface area contributed by atoms with Gasteiger partial charge in [-0.1, -0.05) is 27.2 Å². The average Bonchev–Trinajstić information content (AvgIpc) is 2.03. The highest BCUT2D eigenvalue weighted by Gasteiger charge is 2.13. The van der Waals surface area contributed by atoms with Crippen LogP contribution in [0.15, 0.2) is 0 Å². The quantitative estimate of drug-likeness (QED) is 0.596. The number of hydrogen-bond acceptors (Lipinski definition) is 2. The van der Waals surface area contributed by atoms with Gasteiger partial charge in [-0.25, -0.2) is 0 Å². The fourth-order valence-electron chi connectivity index (χ4n) is 1.34. The molecule has 0 rings (SSSR count). The molecule has 1 unspecified atom stereocenters. The predicted molar refractivity (Wildman–Crippen MR) is 59.8 cm³/mol. The van der Waals surface area contributed by atoms with Crippen molar-refractivity contribution >= 4 is 0 Å². The van der Waals surface area contributed by atoms with Gasteiger partial charge in [0, 0.05) is 0 Å². The molecule has 0 aromatic carbocycles. The molecule has 0 bridgehead atoms. The summed E-state index contributed by atoms with van der Waals surface area (Å²) in [4.78, 5) is 0. The van der Waals surface area contributed by atoms with E-state index in [2.05, 4.69) is 45.3 Å². The van der Waals surface area contributed by atoms with E-state index in [1.54, 1.807) is 0 Å². The van der Waals surface area contributed by atoms with Crippen molar-refractivity contribution in [1.29, 1.82) is 0 Å². The summed E-state index contributed by atoms with van der Waals surface area (Å²) in [6.45, 7) is 13.2. The average molecular weight is 186 g/mol. The second kappa shape index (κ2) is 6.39. The summed E-state index contributed by atoms with van der Waals surface area (Å²) in [5, 5.41) is 6.92. The first-order valence-electron chi connectivity index (χ1n) is 5.52. The highest BCUT2D eigenvalue weighted by molar-refractivity contribution is 4.73. The minimum Gasteiger partial charge on any atom is -0.300 e. The Morgan fingerprint density at radius 3 is 2.23 bits per heavy atom. The fourth-order valence-corrected chi connectivity index (χ4v) is 1.34. The van der Waals surface area contributed by atoms with Crippen LogP contribution in [0.3, 0.4) is 0 Å². The van der Waals surface area contributed by atoms with Gasteiger partial charge in [-0.2, -0.15) is 0 Å². The first-order valence-corrected chi connectivity index (χ1v) is 5.52. The van der Waals surface area contributed by atoms with E-state index in [1.165, 1.54) is 12.8 Å². The molecule has 0 aliphatic heterocycles. The van der Waals surface area contributed by atoms with Gasteiger partial charge < -0.3 is 5.32 Å². The third kappa shape index (κ3) is 7.03. The molecule has 0 radical (unpaired) electrons. The molecule has 0 fully saturated rings. The number of rotatable bonds is 7. The normalized spacial score (nSPS) is 14.5. The lowest BCUT2D eigenvalue weighted by molar-refractivity contribution is 0.305. The van der Waals surface area contributed by atoms with Crippen LogP contribution in [-0.2, 0) is 0 Å². The Hall–Kier alpha value is -0.0800. The first-order chi connectivity index (χ1) is 6.02.